The summed E-state index contributed by atoms with van der Waals surface area (Å²) in [6.07, 6.45) is 1.57. The molecule has 0 aliphatic carbocycles. The predicted octanol–water partition coefficient (Wildman–Crippen LogP) is 1.99. The first kappa shape index (κ1) is 11.6. The first-order chi connectivity index (χ1) is 7.72. The molecule has 0 radical (unpaired) electrons. The fraction of sp³-hybridized carbons (Fsp3) is 0.111. The van der Waals surface area contributed by atoms with Gasteiger partial charge in [-0.15, -0.1) is 5.10 Å². The van der Waals surface area contributed by atoms with Crippen molar-refractivity contribution in [2.24, 2.45) is 5.84 Å². The van der Waals surface area contributed by atoms with Crippen molar-refractivity contribution in [2.45, 2.75) is 6.04 Å². The summed E-state index contributed by atoms with van der Waals surface area (Å²) in [7, 11) is 0. The Bertz CT molecular complexity index is 476. The number of nitrogens with zero attached hydrogens (tertiary/aromatic N) is 2. The average Bonchev–Trinajstić information content (AvgIpc) is 2.78. The molecule has 1 unspecified atom stereocenters. The first-order valence-electron chi connectivity index (χ1n) is 4.40. The number of benzene rings is 1. The van der Waals surface area contributed by atoms with Gasteiger partial charge in [-0.1, -0.05) is 20.4 Å². The minimum absolute atomic E-state index is 0.320. The van der Waals surface area contributed by atoms with Gasteiger partial charge in [0.25, 0.3) is 0 Å². The molecule has 0 fully saturated rings. The van der Waals surface area contributed by atoms with Crippen LogP contribution in [0.4, 0.5) is 4.39 Å². The Kier molecular flexibility index (Phi) is 3.59. The first-order valence-corrected chi connectivity index (χ1v) is 5.97. The fourth-order valence-corrected chi connectivity index (χ4v) is 2.33. The minimum atomic E-state index is -0.433. The molecule has 16 heavy (non-hydrogen) atoms. The highest BCUT2D eigenvalue weighted by Crippen LogP contribution is 2.27. The zero-order chi connectivity index (χ0) is 11.5. The van der Waals surface area contributed by atoms with Crippen LogP contribution in [-0.2, 0) is 0 Å². The van der Waals surface area contributed by atoms with Crippen LogP contribution in [0.5, 0.6) is 0 Å². The van der Waals surface area contributed by atoms with Crippen molar-refractivity contribution < 1.29 is 4.39 Å². The van der Waals surface area contributed by atoms with Crippen LogP contribution < -0.4 is 11.3 Å². The van der Waals surface area contributed by atoms with E-state index >= 15 is 0 Å². The Balaban J connectivity index is 2.44. The van der Waals surface area contributed by atoms with Crippen LogP contribution in [0.15, 0.2) is 28.9 Å². The number of hydrogen-bond acceptors (Lipinski definition) is 5. The maximum Gasteiger partial charge on any atom is 0.128 e. The van der Waals surface area contributed by atoms with Gasteiger partial charge in [-0.25, -0.2) is 9.82 Å². The average molecular weight is 303 g/mol. The van der Waals surface area contributed by atoms with Crippen molar-refractivity contribution in [1.82, 2.24) is 15.0 Å². The van der Waals surface area contributed by atoms with Crippen LogP contribution in [-0.4, -0.2) is 9.59 Å². The maximum atomic E-state index is 13.6. The number of halogens is 2. The number of aromatic nitrogens is 2. The van der Waals surface area contributed by atoms with Crippen LogP contribution in [0.2, 0.25) is 0 Å². The molecule has 1 aromatic carbocycles. The van der Waals surface area contributed by atoms with Gasteiger partial charge in [0.2, 0.25) is 0 Å². The van der Waals surface area contributed by atoms with Gasteiger partial charge in [-0.3, -0.25) is 5.84 Å². The number of hydrogen-bond donors (Lipinski definition) is 2. The lowest BCUT2D eigenvalue weighted by atomic mass is 10.1. The van der Waals surface area contributed by atoms with Gasteiger partial charge in [0, 0.05) is 10.0 Å². The van der Waals surface area contributed by atoms with Crippen molar-refractivity contribution in [2.75, 3.05) is 0 Å². The molecule has 0 aliphatic heterocycles. The molecule has 1 aromatic heterocycles. The number of hydrazine groups is 1. The molecule has 0 saturated heterocycles. The molecule has 3 N–H and O–H groups in total. The van der Waals surface area contributed by atoms with Crippen molar-refractivity contribution in [3.63, 3.8) is 0 Å². The summed E-state index contributed by atoms with van der Waals surface area (Å²) in [5.74, 6) is 5.11. The summed E-state index contributed by atoms with van der Waals surface area (Å²) in [6.45, 7) is 0. The van der Waals surface area contributed by atoms with E-state index in [9.17, 15) is 4.39 Å². The van der Waals surface area contributed by atoms with E-state index in [2.05, 4.69) is 30.9 Å². The molecule has 1 atom stereocenters. The third-order valence-electron chi connectivity index (χ3n) is 2.10. The SMILES string of the molecule is NNC(c1cnns1)c1cc(Br)ccc1F. The predicted molar refractivity (Wildman–Crippen MR) is 63.2 cm³/mol. The minimum Gasteiger partial charge on any atom is -0.271 e. The summed E-state index contributed by atoms with van der Waals surface area (Å²) in [5.41, 5.74) is 3.02. The molecule has 4 nitrogen and oxygen atoms in total. The molecule has 0 amide bonds. The topological polar surface area (TPSA) is 63.8 Å². The summed E-state index contributed by atoms with van der Waals surface area (Å²) in [6, 6.07) is 4.27. The highest BCUT2D eigenvalue weighted by molar-refractivity contribution is 9.10. The zero-order valence-corrected chi connectivity index (χ0v) is 10.4. The van der Waals surface area contributed by atoms with Gasteiger partial charge in [-0.05, 0) is 29.7 Å². The molecule has 2 aromatic rings. The standard InChI is InChI=1S/C9H8BrFN4S/c10-5-1-2-7(11)6(3-5)9(14-12)8-4-13-15-16-8/h1-4,9,14H,12H2. The molecule has 0 bridgehead atoms. The number of nitrogens with one attached hydrogen (secondary N) is 1. The van der Waals surface area contributed by atoms with Gasteiger partial charge in [0.05, 0.1) is 17.1 Å². The Morgan fingerprint density at radius 3 is 2.94 bits per heavy atom. The zero-order valence-electron chi connectivity index (χ0n) is 8.02. The molecule has 2 rings (SSSR count). The van der Waals surface area contributed by atoms with Crippen molar-refractivity contribution in [1.29, 1.82) is 0 Å². The molecule has 0 spiro atoms. The smallest absolute Gasteiger partial charge is 0.128 e. The van der Waals surface area contributed by atoms with Crippen molar-refractivity contribution in [3.05, 3.63) is 45.1 Å². The van der Waals surface area contributed by atoms with Gasteiger partial charge < -0.3 is 0 Å². The van der Waals surface area contributed by atoms with E-state index < -0.39 is 6.04 Å². The third-order valence-corrected chi connectivity index (χ3v) is 3.32. The van der Waals surface area contributed by atoms with Gasteiger partial charge in [0.15, 0.2) is 0 Å². The van der Waals surface area contributed by atoms with Crippen LogP contribution in [0.1, 0.15) is 16.5 Å². The highest BCUT2D eigenvalue weighted by atomic mass is 79.9. The van der Waals surface area contributed by atoms with E-state index in [0.717, 1.165) is 9.35 Å². The summed E-state index contributed by atoms with van der Waals surface area (Å²) in [5, 5.41) is 3.71. The van der Waals surface area contributed by atoms with E-state index in [1.807, 2.05) is 0 Å². The van der Waals surface area contributed by atoms with Crippen LogP contribution in [0.3, 0.4) is 0 Å². The largest absolute Gasteiger partial charge is 0.271 e. The second-order valence-electron chi connectivity index (χ2n) is 3.09. The van der Waals surface area contributed by atoms with Gasteiger partial charge in [0.1, 0.15) is 5.82 Å². The molecule has 7 heteroatoms. The second-order valence-corrected chi connectivity index (χ2v) is 4.82. The van der Waals surface area contributed by atoms with E-state index in [4.69, 9.17) is 5.84 Å². The fourth-order valence-electron chi connectivity index (χ4n) is 1.36. The molecule has 0 saturated carbocycles. The van der Waals surface area contributed by atoms with E-state index in [1.165, 1.54) is 17.6 Å². The lowest BCUT2D eigenvalue weighted by Gasteiger charge is -2.14. The molecule has 84 valence electrons. The lowest BCUT2D eigenvalue weighted by Crippen LogP contribution is -2.28. The quantitative estimate of drug-likeness (QED) is 0.672. The normalized spacial score (nSPS) is 12.7. The van der Waals surface area contributed by atoms with E-state index in [1.54, 1.807) is 18.3 Å². The maximum absolute atomic E-state index is 13.6. The summed E-state index contributed by atoms with van der Waals surface area (Å²) in [4.78, 5) is 0.763. The van der Waals surface area contributed by atoms with Crippen molar-refractivity contribution in [3.8, 4) is 0 Å². The summed E-state index contributed by atoms with van der Waals surface area (Å²) >= 11 is 4.47. The summed E-state index contributed by atoms with van der Waals surface area (Å²) < 4.78 is 18.2. The molecular weight excluding hydrogens is 295 g/mol. The Morgan fingerprint density at radius 2 is 2.31 bits per heavy atom. The third kappa shape index (κ3) is 2.27. The van der Waals surface area contributed by atoms with E-state index in [0.29, 0.717) is 5.56 Å². The Morgan fingerprint density at radius 1 is 1.50 bits per heavy atom. The highest BCUT2D eigenvalue weighted by Gasteiger charge is 2.18. The van der Waals surface area contributed by atoms with Crippen LogP contribution >= 0.6 is 27.5 Å². The molecule has 1 heterocycles. The second kappa shape index (κ2) is 4.96. The Hall–Kier alpha value is -0.890. The number of nitrogens with two attached hydrogens (primary N) is 1. The van der Waals surface area contributed by atoms with Gasteiger partial charge >= 0.3 is 0 Å². The van der Waals surface area contributed by atoms with Gasteiger partial charge in [-0.2, -0.15) is 0 Å². The molecular formula is C9H8BrFN4S. The number of rotatable bonds is 3. The van der Waals surface area contributed by atoms with Crippen LogP contribution in [0, 0.1) is 5.82 Å². The van der Waals surface area contributed by atoms with Crippen LogP contribution in [0.25, 0.3) is 0 Å². The van der Waals surface area contributed by atoms with E-state index in [-0.39, 0.29) is 5.82 Å². The Labute approximate surface area is 104 Å². The lowest BCUT2D eigenvalue weighted by molar-refractivity contribution is 0.563. The van der Waals surface area contributed by atoms with Crippen molar-refractivity contribution >= 4 is 27.5 Å². The monoisotopic (exact) mass is 302 g/mol. The molecule has 0 aliphatic rings.